The lowest BCUT2D eigenvalue weighted by atomic mass is 10.2. The lowest BCUT2D eigenvalue weighted by Gasteiger charge is -2.12. The number of hydrogen-bond donors (Lipinski definition) is 1. The highest BCUT2D eigenvalue weighted by Gasteiger charge is 2.21. The van der Waals surface area contributed by atoms with Crippen molar-refractivity contribution in [3.05, 3.63) is 65.7 Å². The fourth-order valence-corrected chi connectivity index (χ4v) is 3.73. The summed E-state index contributed by atoms with van der Waals surface area (Å²) < 4.78 is 47.6. The number of alkyl halides is 2. The number of amides is 1. The Morgan fingerprint density at radius 3 is 2.69 bits per heavy atom. The molecule has 5 aromatic rings. The van der Waals surface area contributed by atoms with Crippen molar-refractivity contribution in [1.29, 1.82) is 0 Å². The van der Waals surface area contributed by atoms with Gasteiger partial charge in [0.1, 0.15) is 13.2 Å². The molecule has 0 aliphatic heterocycles. The molecule has 1 N–H and O–H groups in total. The molecule has 4 heterocycles. The van der Waals surface area contributed by atoms with Crippen molar-refractivity contribution in [2.24, 2.45) is 0 Å². The molecule has 39 heavy (non-hydrogen) atoms. The normalized spacial score (nSPS) is 11.8. The Labute approximate surface area is 219 Å². The zero-order valence-corrected chi connectivity index (χ0v) is 20.9. The molecule has 0 radical (unpaired) electrons. The van der Waals surface area contributed by atoms with Crippen LogP contribution in [-0.4, -0.2) is 62.2 Å². The van der Waals surface area contributed by atoms with Gasteiger partial charge in [-0.25, -0.2) is 0 Å². The maximum Gasteiger partial charge on any atom is 0.352 e. The smallest absolute Gasteiger partial charge is 0.352 e. The number of nitrogens with one attached hydrogen (secondary N) is 1. The quantitative estimate of drug-likeness (QED) is 0.248. The standard InChI is InChI=1S/C25H23F2N7O5/c1-25(26,27)38-10-9-28-23(35)15-7-8-16(29-12-15)13-37-24-19-6-4-3-5-18(19)21-30-31-22(34(21)32-24)20-11-17(14-36-2)39-33-20/h3-8,11-12H,9-10,13-14H2,1-2H3,(H,28,35). The lowest BCUT2D eigenvalue weighted by molar-refractivity contribution is -0.222. The largest absolute Gasteiger partial charge is 0.470 e. The average molecular weight is 539 g/mol. The van der Waals surface area contributed by atoms with Gasteiger partial charge in [0.2, 0.25) is 11.7 Å². The van der Waals surface area contributed by atoms with Gasteiger partial charge in [-0.15, -0.1) is 15.3 Å². The molecular formula is C25H23F2N7O5. The van der Waals surface area contributed by atoms with Crippen LogP contribution in [0.2, 0.25) is 0 Å². The molecule has 12 nitrogen and oxygen atoms in total. The Morgan fingerprint density at radius 1 is 1.13 bits per heavy atom. The van der Waals surface area contributed by atoms with E-state index in [1.807, 2.05) is 24.3 Å². The second-order valence-electron chi connectivity index (χ2n) is 8.46. The van der Waals surface area contributed by atoms with E-state index in [0.717, 1.165) is 10.8 Å². The summed E-state index contributed by atoms with van der Waals surface area (Å²) in [5, 5.41) is 21.2. The van der Waals surface area contributed by atoms with E-state index in [4.69, 9.17) is 14.0 Å². The van der Waals surface area contributed by atoms with Gasteiger partial charge in [0.05, 0.1) is 17.9 Å². The van der Waals surface area contributed by atoms with Gasteiger partial charge >= 0.3 is 6.11 Å². The van der Waals surface area contributed by atoms with Gasteiger partial charge in [-0.3, -0.25) is 9.78 Å². The Morgan fingerprint density at radius 2 is 1.95 bits per heavy atom. The molecule has 1 aromatic carbocycles. The van der Waals surface area contributed by atoms with Crippen LogP contribution in [0.1, 0.15) is 28.7 Å². The highest BCUT2D eigenvalue weighted by Crippen LogP contribution is 2.29. The lowest BCUT2D eigenvalue weighted by Crippen LogP contribution is -2.29. The fraction of sp³-hybridized carbons (Fsp3) is 0.280. The van der Waals surface area contributed by atoms with Crippen LogP contribution in [0.4, 0.5) is 8.78 Å². The first-order chi connectivity index (χ1) is 18.8. The highest BCUT2D eigenvalue weighted by molar-refractivity contribution is 5.97. The molecule has 0 spiro atoms. The summed E-state index contributed by atoms with van der Waals surface area (Å²) in [5.41, 5.74) is 1.76. The van der Waals surface area contributed by atoms with Crippen molar-refractivity contribution in [3.63, 3.8) is 0 Å². The van der Waals surface area contributed by atoms with E-state index in [-0.39, 0.29) is 31.9 Å². The number of nitrogens with zero attached hydrogens (tertiary/aromatic N) is 6. The number of aromatic nitrogens is 6. The molecule has 0 aliphatic rings. The number of fused-ring (bicyclic) bond motifs is 3. The van der Waals surface area contributed by atoms with Crippen molar-refractivity contribution >= 4 is 22.3 Å². The van der Waals surface area contributed by atoms with Crippen LogP contribution in [0.25, 0.3) is 27.9 Å². The molecule has 0 atom stereocenters. The minimum Gasteiger partial charge on any atom is -0.470 e. The Bertz CT molecular complexity index is 1600. The van der Waals surface area contributed by atoms with Crippen LogP contribution in [-0.2, 0) is 22.7 Å². The molecule has 0 aliphatic carbocycles. The number of carbonyl (C=O) groups excluding carboxylic acids is 1. The molecule has 0 saturated carbocycles. The average Bonchev–Trinajstić information content (AvgIpc) is 3.56. The summed E-state index contributed by atoms with van der Waals surface area (Å²) in [6, 6.07) is 12.4. The van der Waals surface area contributed by atoms with Crippen molar-refractivity contribution in [2.75, 3.05) is 20.3 Å². The molecule has 0 bridgehead atoms. The van der Waals surface area contributed by atoms with Gasteiger partial charge in [-0.1, -0.05) is 23.4 Å². The molecule has 1 amide bonds. The van der Waals surface area contributed by atoms with E-state index >= 15 is 0 Å². The first-order valence-electron chi connectivity index (χ1n) is 11.8. The van der Waals surface area contributed by atoms with Gasteiger partial charge in [0.15, 0.2) is 17.1 Å². The number of ether oxygens (including phenoxy) is 3. The maximum atomic E-state index is 12.7. The molecule has 0 fully saturated rings. The molecule has 0 unspecified atom stereocenters. The number of methoxy groups -OCH3 is 1. The van der Waals surface area contributed by atoms with E-state index in [0.29, 0.717) is 41.4 Å². The molecular weight excluding hydrogens is 516 g/mol. The zero-order chi connectivity index (χ0) is 27.4. The van der Waals surface area contributed by atoms with Gasteiger partial charge in [-0.2, -0.15) is 13.3 Å². The number of pyridine rings is 1. The summed E-state index contributed by atoms with van der Waals surface area (Å²) in [6.07, 6.45) is -1.88. The SMILES string of the molecule is COCc1cc(-c2nnc3c4ccccc4c(OCc4ccc(C(=O)NCCOC(C)(F)F)cn4)nn23)no1. The second kappa shape index (κ2) is 11.0. The summed E-state index contributed by atoms with van der Waals surface area (Å²) in [4.78, 5) is 16.5. The predicted molar refractivity (Wildman–Crippen MR) is 132 cm³/mol. The topological polar surface area (TPSA) is 139 Å². The fourth-order valence-electron chi connectivity index (χ4n) is 3.73. The molecule has 4 aromatic heterocycles. The third-order valence-electron chi connectivity index (χ3n) is 5.49. The van der Waals surface area contributed by atoms with Gasteiger partial charge < -0.3 is 24.1 Å². The predicted octanol–water partition coefficient (Wildman–Crippen LogP) is 3.41. The van der Waals surface area contributed by atoms with Crippen molar-refractivity contribution in [3.8, 4) is 17.4 Å². The Hall–Kier alpha value is -4.56. The maximum absolute atomic E-state index is 12.7. The second-order valence-corrected chi connectivity index (χ2v) is 8.46. The van der Waals surface area contributed by atoms with Crippen LogP contribution < -0.4 is 10.1 Å². The van der Waals surface area contributed by atoms with Gasteiger partial charge in [-0.05, 0) is 18.2 Å². The molecule has 5 rings (SSSR count). The van der Waals surface area contributed by atoms with E-state index in [1.54, 1.807) is 25.3 Å². The Kier molecular flexibility index (Phi) is 7.38. The summed E-state index contributed by atoms with van der Waals surface area (Å²) in [7, 11) is 1.55. The third-order valence-corrected chi connectivity index (χ3v) is 5.49. The minimum absolute atomic E-state index is 0.0588. The first kappa shape index (κ1) is 26.1. The summed E-state index contributed by atoms with van der Waals surface area (Å²) in [6.45, 7) is 0.564. The monoisotopic (exact) mass is 539 g/mol. The summed E-state index contributed by atoms with van der Waals surface area (Å²) >= 11 is 0. The van der Waals surface area contributed by atoms with E-state index in [9.17, 15) is 13.6 Å². The number of benzene rings is 1. The molecule has 0 saturated heterocycles. The number of rotatable bonds is 11. The number of carbonyl (C=O) groups is 1. The van der Waals surface area contributed by atoms with Crippen molar-refractivity contribution < 1.29 is 32.3 Å². The molecule has 14 heteroatoms. The van der Waals surface area contributed by atoms with E-state index < -0.39 is 12.0 Å². The minimum atomic E-state index is -3.25. The van der Waals surface area contributed by atoms with Crippen molar-refractivity contribution in [2.45, 2.75) is 26.2 Å². The zero-order valence-electron chi connectivity index (χ0n) is 20.9. The Balaban J connectivity index is 1.32. The van der Waals surface area contributed by atoms with Crippen molar-refractivity contribution in [1.82, 2.24) is 35.3 Å². The third kappa shape index (κ3) is 5.97. The van der Waals surface area contributed by atoms with E-state index in [2.05, 4.69) is 35.5 Å². The molecule has 202 valence electrons. The van der Waals surface area contributed by atoms with Crippen LogP contribution in [0.3, 0.4) is 0 Å². The van der Waals surface area contributed by atoms with Crippen LogP contribution in [0.5, 0.6) is 5.88 Å². The summed E-state index contributed by atoms with van der Waals surface area (Å²) in [5.74, 6) is 0.752. The number of halogens is 2. The van der Waals surface area contributed by atoms with Gasteiger partial charge in [0.25, 0.3) is 5.91 Å². The van der Waals surface area contributed by atoms with Crippen LogP contribution >= 0.6 is 0 Å². The first-order valence-corrected chi connectivity index (χ1v) is 11.8. The van der Waals surface area contributed by atoms with E-state index in [1.165, 1.54) is 10.7 Å². The number of hydrogen-bond acceptors (Lipinski definition) is 10. The van der Waals surface area contributed by atoms with Crippen LogP contribution in [0, 0.1) is 0 Å². The van der Waals surface area contributed by atoms with Gasteiger partial charge in [0, 0.05) is 43.6 Å². The highest BCUT2D eigenvalue weighted by atomic mass is 19.3. The van der Waals surface area contributed by atoms with Crippen LogP contribution in [0.15, 0.2) is 53.2 Å².